The molecule has 1 aromatic carbocycles. The van der Waals surface area contributed by atoms with Crippen LogP contribution in [0.1, 0.15) is 15.9 Å². The normalized spacial score (nSPS) is 10.0. The summed E-state index contributed by atoms with van der Waals surface area (Å²) in [5.74, 6) is 0.680. The molecule has 0 aliphatic heterocycles. The van der Waals surface area contributed by atoms with Gasteiger partial charge < -0.3 is 4.74 Å². The number of aryl methyl sites for hydroxylation is 1. The Kier molecular flexibility index (Phi) is 3.19. The lowest BCUT2D eigenvalue weighted by molar-refractivity contribution is 0.112. The lowest BCUT2D eigenvalue weighted by Gasteiger charge is -2.07. The first-order valence-electron chi connectivity index (χ1n) is 5.30. The zero-order chi connectivity index (χ0) is 12.3. The molecule has 0 spiro atoms. The Morgan fingerprint density at radius 1 is 1.24 bits per heavy atom. The molecule has 0 atom stereocenters. The summed E-state index contributed by atoms with van der Waals surface area (Å²) in [6, 6.07) is 7.63. The maximum Gasteiger partial charge on any atom is 0.150 e. The maximum atomic E-state index is 11.1. The van der Waals surface area contributed by atoms with Crippen LogP contribution in [0.25, 0.3) is 11.1 Å². The molecule has 0 fully saturated rings. The average Bonchev–Trinajstić information content (AvgIpc) is 2.38. The fourth-order valence-electron chi connectivity index (χ4n) is 1.72. The van der Waals surface area contributed by atoms with Crippen LogP contribution in [0.2, 0.25) is 0 Å². The number of rotatable bonds is 3. The van der Waals surface area contributed by atoms with Crippen LogP contribution in [0.4, 0.5) is 0 Å². The molecule has 0 aliphatic carbocycles. The lowest BCUT2D eigenvalue weighted by Crippen LogP contribution is -1.91. The van der Waals surface area contributed by atoms with Gasteiger partial charge in [-0.15, -0.1) is 0 Å². The highest BCUT2D eigenvalue weighted by atomic mass is 16.5. The van der Waals surface area contributed by atoms with E-state index in [1.54, 1.807) is 19.5 Å². The second kappa shape index (κ2) is 4.78. The first-order valence-corrected chi connectivity index (χ1v) is 5.30. The van der Waals surface area contributed by atoms with Crippen LogP contribution in [-0.2, 0) is 0 Å². The third-order valence-electron chi connectivity index (χ3n) is 2.59. The van der Waals surface area contributed by atoms with E-state index in [-0.39, 0.29) is 0 Å². The number of hydrogen-bond donors (Lipinski definition) is 0. The molecule has 17 heavy (non-hydrogen) atoms. The SMILES string of the molecule is COc1cncc(-c2ccc(C)cc2C=O)c1. The molecular weight excluding hydrogens is 214 g/mol. The van der Waals surface area contributed by atoms with E-state index in [1.807, 2.05) is 31.2 Å². The number of ether oxygens (including phenoxy) is 1. The van der Waals surface area contributed by atoms with Crippen LogP contribution in [0.3, 0.4) is 0 Å². The Labute approximate surface area is 100 Å². The molecule has 3 heteroatoms. The fraction of sp³-hybridized carbons (Fsp3) is 0.143. The number of nitrogens with zero attached hydrogens (tertiary/aromatic N) is 1. The van der Waals surface area contributed by atoms with Gasteiger partial charge in [0.05, 0.1) is 13.3 Å². The van der Waals surface area contributed by atoms with Gasteiger partial charge in [-0.2, -0.15) is 0 Å². The summed E-state index contributed by atoms with van der Waals surface area (Å²) in [7, 11) is 1.59. The molecule has 1 heterocycles. The van der Waals surface area contributed by atoms with Crippen LogP contribution in [0.5, 0.6) is 5.75 Å². The minimum Gasteiger partial charge on any atom is -0.495 e. The van der Waals surface area contributed by atoms with Crippen molar-refractivity contribution < 1.29 is 9.53 Å². The van der Waals surface area contributed by atoms with Gasteiger partial charge in [0.25, 0.3) is 0 Å². The van der Waals surface area contributed by atoms with E-state index in [0.717, 1.165) is 23.0 Å². The summed E-state index contributed by atoms with van der Waals surface area (Å²) >= 11 is 0. The van der Waals surface area contributed by atoms with Gasteiger partial charge in [0.2, 0.25) is 0 Å². The molecule has 1 aromatic heterocycles. The van der Waals surface area contributed by atoms with Crippen LogP contribution in [0, 0.1) is 6.92 Å². The summed E-state index contributed by atoms with van der Waals surface area (Å²) in [5, 5.41) is 0. The number of pyridine rings is 1. The Hall–Kier alpha value is -2.16. The molecule has 0 amide bonds. The number of hydrogen-bond acceptors (Lipinski definition) is 3. The Bertz CT molecular complexity index is 550. The van der Waals surface area contributed by atoms with E-state index in [1.165, 1.54) is 0 Å². The minimum absolute atomic E-state index is 0.667. The fourth-order valence-corrected chi connectivity index (χ4v) is 1.72. The number of aldehydes is 1. The average molecular weight is 227 g/mol. The van der Waals surface area contributed by atoms with Crippen LogP contribution < -0.4 is 4.74 Å². The molecule has 3 nitrogen and oxygen atoms in total. The number of aromatic nitrogens is 1. The third-order valence-corrected chi connectivity index (χ3v) is 2.59. The smallest absolute Gasteiger partial charge is 0.150 e. The molecule has 0 aliphatic rings. The standard InChI is InChI=1S/C14H13NO2/c1-10-3-4-14(12(5-10)9-16)11-6-13(17-2)8-15-7-11/h3-9H,1-2H3. The highest BCUT2D eigenvalue weighted by Crippen LogP contribution is 2.25. The Morgan fingerprint density at radius 3 is 2.76 bits per heavy atom. The van der Waals surface area contributed by atoms with Crippen molar-refractivity contribution >= 4 is 6.29 Å². The van der Waals surface area contributed by atoms with Crippen molar-refractivity contribution in [1.82, 2.24) is 4.98 Å². The van der Waals surface area contributed by atoms with Crippen molar-refractivity contribution in [2.45, 2.75) is 6.92 Å². The molecule has 0 saturated heterocycles. The second-order valence-corrected chi connectivity index (χ2v) is 3.82. The Balaban J connectivity index is 2.55. The summed E-state index contributed by atoms with van der Waals surface area (Å²) in [6.45, 7) is 1.96. The van der Waals surface area contributed by atoms with Crippen molar-refractivity contribution in [2.75, 3.05) is 7.11 Å². The van der Waals surface area contributed by atoms with E-state index in [9.17, 15) is 4.79 Å². The van der Waals surface area contributed by atoms with Crippen LogP contribution in [0.15, 0.2) is 36.7 Å². The van der Waals surface area contributed by atoms with Gasteiger partial charge in [-0.1, -0.05) is 17.7 Å². The molecule has 0 saturated carbocycles. The van der Waals surface area contributed by atoms with E-state index < -0.39 is 0 Å². The zero-order valence-corrected chi connectivity index (χ0v) is 9.81. The van der Waals surface area contributed by atoms with E-state index in [0.29, 0.717) is 11.3 Å². The monoisotopic (exact) mass is 227 g/mol. The molecule has 2 rings (SSSR count). The van der Waals surface area contributed by atoms with E-state index in [4.69, 9.17) is 4.74 Å². The molecule has 2 aromatic rings. The summed E-state index contributed by atoms with van der Waals surface area (Å²) in [4.78, 5) is 15.1. The topological polar surface area (TPSA) is 39.2 Å². The second-order valence-electron chi connectivity index (χ2n) is 3.82. The first kappa shape index (κ1) is 11.3. The van der Waals surface area contributed by atoms with Gasteiger partial charge in [-0.05, 0) is 24.6 Å². The van der Waals surface area contributed by atoms with Crippen LogP contribution in [-0.4, -0.2) is 18.4 Å². The van der Waals surface area contributed by atoms with Crippen molar-refractivity contribution in [1.29, 1.82) is 0 Å². The third kappa shape index (κ3) is 2.33. The first-order chi connectivity index (χ1) is 8.24. The molecule has 0 N–H and O–H groups in total. The predicted octanol–water partition coefficient (Wildman–Crippen LogP) is 2.88. The molecule has 0 unspecified atom stereocenters. The largest absolute Gasteiger partial charge is 0.495 e. The van der Waals surface area contributed by atoms with Gasteiger partial charge in [0.15, 0.2) is 6.29 Å². The maximum absolute atomic E-state index is 11.1. The van der Waals surface area contributed by atoms with Gasteiger partial charge in [-0.25, -0.2) is 0 Å². The van der Waals surface area contributed by atoms with Gasteiger partial charge in [0, 0.05) is 17.3 Å². The lowest BCUT2D eigenvalue weighted by atomic mass is 10.00. The predicted molar refractivity (Wildman–Crippen MR) is 66.3 cm³/mol. The van der Waals surface area contributed by atoms with Gasteiger partial charge in [-0.3, -0.25) is 9.78 Å². The number of carbonyl (C=O) groups excluding carboxylic acids is 1. The Morgan fingerprint density at radius 2 is 2.06 bits per heavy atom. The summed E-state index contributed by atoms with van der Waals surface area (Å²) in [6.07, 6.45) is 4.22. The molecule has 0 radical (unpaired) electrons. The zero-order valence-electron chi connectivity index (χ0n) is 9.81. The van der Waals surface area contributed by atoms with Crippen LogP contribution >= 0.6 is 0 Å². The van der Waals surface area contributed by atoms with E-state index in [2.05, 4.69) is 4.98 Å². The number of methoxy groups -OCH3 is 1. The van der Waals surface area contributed by atoms with Crippen molar-refractivity contribution in [2.24, 2.45) is 0 Å². The summed E-state index contributed by atoms with van der Waals surface area (Å²) < 4.78 is 5.12. The molecular formula is C14H13NO2. The molecule has 86 valence electrons. The van der Waals surface area contributed by atoms with Crippen molar-refractivity contribution in [3.8, 4) is 16.9 Å². The number of benzene rings is 1. The van der Waals surface area contributed by atoms with Gasteiger partial charge in [0.1, 0.15) is 5.75 Å². The van der Waals surface area contributed by atoms with Gasteiger partial charge >= 0.3 is 0 Å². The number of carbonyl (C=O) groups is 1. The highest BCUT2D eigenvalue weighted by Gasteiger charge is 2.06. The highest BCUT2D eigenvalue weighted by molar-refractivity contribution is 5.87. The quantitative estimate of drug-likeness (QED) is 0.757. The van der Waals surface area contributed by atoms with E-state index >= 15 is 0 Å². The summed E-state index contributed by atoms with van der Waals surface area (Å²) in [5.41, 5.74) is 3.48. The van der Waals surface area contributed by atoms with Crippen molar-refractivity contribution in [3.63, 3.8) is 0 Å². The van der Waals surface area contributed by atoms with Crippen molar-refractivity contribution in [3.05, 3.63) is 47.8 Å². The minimum atomic E-state index is 0.667. The molecule has 0 bridgehead atoms.